The number of carbonyl (C=O) groups excluding carboxylic acids is 2. The zero-order valence-electron chi connectivity index (χ0n) is 16.8. The summed E-state index contributed by atoms with van der Waals surface area (Å²) < 4.78 is 75.4. The second-order valence-electron chi connectivity index (χ2n) is 7.75. The molecule has 2 rings (SSSR count). The maximum atomic E-state index is 12.7. The molecule has 1 amide bonds. The van der Waals surface area contributed by atoms with Crippen molar-refractivity contribution in [1.29, 1.82) is 0 Å². The number of carbonyl (C=O) groups is 2. The van der Waals surface area contributed by atoms with Crippen molar-refractivity contribution < 1.29 is 40.7 Å². The van der Waals surface area contributed by atoms with E-state index >= 15 is 0 Å². The third-order valence-electron chi connectivity index (χ3n) is 4.22. The number of likely N-dealkylation sites (tertiary alicyclic amines) is 1. The van der Waals surface area contributed by atoms with E-state index in [-0.39, 0.29) is 17.9 Å². The van der Waals surface area contributed by atoms with Gasteiger partial charge in [-0.1, -0.05) is 0 Å². The van der Waals surface area contributed by atoms with Crippen molar-refractivity contribution in [3.05, 3.63) is 29.8 Å². The summed E-state index contributed by atoms with van der Waals surface area (Å²) in [5.74, 6) is -0.739. The van der Waals surface area contributed by atoms with Gasteiger partial charge in [0.1, 0.15) is 11.6 Å². The van der Waals surface area contributed by atoms with E-state index < -0.39 is 51.5 Å². The highest BCUT2D eigenvalue weighted by molar-refractivity contribution is 7.89. The predicted octanol–water partition coefficient (Wildman–Crippen LogP) is 2.53. The standard InChI is InChI=1S/C18H23F3N2O6S/c1-17(2,3)29-16(25)23-10-12(9-14(23)15(24)28-4)22-30(26,27)13-7-5-11(6-8-13)18(19,20)21/h5-8,12,14,22H,9-10H2,1-4H3/t12-,14+/m1/s1. The monoisotopic (exact) mass is 452 g/mol. The Morgan fingerprint density at radius 1 is 1.13 bits per heavy atom. The van der Waals surface area contributed by atoms with Crippen molar-refractivity contribution in [1.82, 2.24) is 9.62 Å². The first-order chi connectivity index (χ1) is 13.6. The first-order valence-electron chi connectivity index (χ1n) is 8.91. The third-order valence-corrected chi connectivity index (χ3v) is 5.75. The number of ether oxygens (including phenoxy) is 2. The summed E-state index contributed by atoms with van der Waals surface area (Å²) >= 11 is 0. The van der Waals surface area contributed by atoms with Gasteiger partial charge in [0.2, 0.25) is 10.0 Å². The number of esters is 1. The zero-order valence-corrected chi connectivity index (χ0v) is 17.6. The molecule has 168 valence electrons. The van der Waals surface area contributed by atoms with E-state index in [0.29, 0.717) is 12.1 Å². The van der Waals surface area contributed by atoms with E-state index in [2.05, 4.69) is 9.46 Å². The number of nitrogens with zero attached hydrogens (tertiary/aromatic N) is 1. The summed E-state index contributed by atoms with van der Waals surface area (Å²) in [5, 5.41) is 0. The number of sulfonamides is 1. The van der Waals surface area contributed by atoms with Crippen LogP contribution in [0.25, 0.3) is 0 Å². The van der Waals surface area contributed by atoms with Gasteiger partial charge >= 0.3 is 18.2 Å². The molecule has 0 bridgehead atoms. The Kier molecular flexibility index (Phi) is 6.72. The fraction of sp³-hybridized carbons (Fsp3) is 0.556. The Balaban J connectivity index is 2.19. The highest BCUT2D eigenvalue weighted by Gasteiger charge is 2.43. The van der Waals surface area contributed by atoms with Crippen LogP contribution >= 0.6 is 0 Å². The molecule has 0 spiro atoms. The molecule has 30 heavy (non-hydrogen) atoms. The van der Waals surface area contributed by atoms with Crippen LogP contribution in [-0.4, -0.2) is 56.7 Å². The maximum Gasteiger partial charge on any atom is 0.416 e. The van der Waals surface area contributed by atoms with Gasteiger partial charge in [-0.2, -0.15) is 13.2 Å². The summed E-state index contributed by atoms with van der Waals surface area (Å²) in [7, 11) is -3.06. The van der Waals surface area contributed by atoms with Crippen LogP contribution in [0.1, 0.15) is 32.8 Å². The largest absolute Gasteiger partial charge is 0.467 e. The Morgan fingerprint density at radius 2 is 1.70 bits per heavy atom. The molecule has 0 saturated carbocycles. The first kappa shape index (κ1) is 23.9. The SMILES string of the molecule is COC(=O)[C@@H]1C[C@@H](NS(=O)(=O)c2ccc(C(F)(F)F)cc2)CN1C(=O)OC(C)(C)C. The molecule has 1 aliphatic heterocycles. The number of rotatable bonds is 4. The minimum atomic E-state index is -4.59. The lowest BCUT2D eigenvalue weighted by atomic mass is 10.2. The Hall–Kier alpha value is -2.34. The highest BCUT2D eigenvalue weighted by atomic mass is 32.2. The molecule has 2 atom stereocenters. The smallest absolute Gasteiger partial charge is 0.416 e. The fourth-order valence-corrected chi connectivity index (χ4v) is 4.15. The maximum absolute atomic E-state index is 12.7. The van der Waals surface area contributed by atoms with Crippen LogP contribution in [0.15, 0.2) is 29.2 Å². The predicted molar refractivity (Wildman–Crippen MR) is 98.9 cm³/mol. The molecule has 1 fully saturated rings. The molecule has 1 aromatic carbocycles. The lowest BCUT2D eigenvalue weighted by molar-refractivity contribution is -0.145. The molecule has 0 radical (unpaired) electrons. The molecule has 12 heteroatoms. The van der Waals surface area contributed by atoms with Crippen LogP contribution in [-0.2, 0) is 30.5 Å². The highest BCUT2D eigenvalue weighted by Crippen LogP contribution is 2.30. The van der Waals surface area contributed by atoms with E-state index in [1.165, 1.54) is 0 Å². The van der Waals surface area contributed by atoms with Crippen molar-refractivity contribution in [2.24, 2.45) is 0 Å². The van der Waals surface area contributed by atoms with Crippen molar-refractivity contribution >= 4 is 22.1 Å². The average Bonchev–Trinajstić information content (AvgIpc) is 3.02. The number of nitrogens with one attached hydrogen (secondary N) is 1. The Bertz CT molecular complexity index is 894. The Morgan fingerprint density at radius 3 is 2.17 bits per heavy atom. The normalized spacial score (nSPS) is 20.2. The number of alkyl halides is 3. The van der Waals surface area contributed by atoms with Gasteiger partial charge in [-0.3, -0.25) is 4.90 Å². The van der Waals surface area contributed by atoms with Crippen LogP contribution < -0.4 is 4.72 Å². The van der Waals surface area contributed by atoms with Gasteiger partial charge in [-0.15, -0.1) is 0 Å². The summed E-state index contributed by atoms with van der Waals surface area (Å²) in [5.41, 5.74) is -1.82. The van der Waals surface area contributed by atoms with E-state index in [1.807, 2.05) is 0 Å². The quantitative estimate of drug-likeness (QED) is 0.705. The number of halogens is 3. The molecule has 1 aliphatic rings. The van der Waals surface area contributed by atoms with E-state index in [9.17, 15) is 31.2 Å². The molecule has 1 N–H and O–H groups in total. The zero-order chi connectivity index (χ0) is 22.9. The topological polar surface area (TPSA) is 102 Å². The Labute approximate surface area is 172 Å². The minimum Gasteiger partial charge on any atom is -0.467 e. The lowest BCUT2D eigenvalue weighted by Gasteiger charge is -2.27. The van der Waals surface area contributed by atoms with Crippen LogP contribution in [0.5, 0.6) is 0 Å². The van der Waals surface area contributed by atoms with Gasteiger partial charge in [-0.25, -0.2) is 22.7 Å². The van der Waals surface area contributed by atoms with Gasteiger partial charge < -0.3 is 9.47 Å². The first-order valence-corrected chi connectivity index (χ1v) is 10.4. The van der Waals surface area contributed by atoms with Crippen molar-refractivity contribution in [3.63, 3.8) is 0 Å². The summed E-state index contributed by atoms with van der Waals surface area (Å²) in [6.45, 7) is 4.74. The number of methoxy groups -OCH3 is 1. The van der Waals surface area contributed by atoms with E-state index in [1.54, 1.807) is 20.8 Å². The second kappa shape index (κ2) is 8.42. The molecule has 0 aromatic heterocycles. The third kappa shape index (κ3) is 5.85. The molecule has 1 heterocycles. The van der Waals surface area contributed by atoms with Crippen LogP contribution in [0, 0.1) is 0 Å². The number of hydrogen-bond donors (Lipinski definition) is 1. The van der Waals surface area contributed by atoms with Crippen LogP contribution in [0.3, 0.4) is 0 Å². The van der Waals surface area contributed by atoms with E-state index in [0.717, 1.165) is 24.1 Å². The summed E-state index contributed by atoms with van der Waals surface area (Å²) in [6.07, 6.45) is -5.48. The van der Waals surface area contributed by atoms with Crippen molar-refractivity contribution in [2.45, 2.75) is 55.9 Å². The molecule has 0 unspecified atom stereocenters. The molecular weight excluding hydrogens is 429 g/mol. The molecular formula is C18H23F3N2O6S. The number of hydrogen-bond acceptors (Lipinski definition) is 6. The summed E-state index contributed by atoms with van der Waals surface area (Å²) in [6, 6.07) is 1.06. The van der Waals surface area contributed by atoms with Crippen LogP contribution in [0.2, 0.25) is 0 Å². The lowest BCUT2D eigenvalue weighted by Crippen LogP contribution is -2.44. The molecule has 1 saturated heterocycles. The molecule has 0 aliphatic carbocycles. The number of benzene rings is 1. The molecule has 8 nitrogen and oxygen atoms in total. The average molecular weight is 452 g/mol. The van der Waals surface area contributed by atoms with Gasteiger partial charge in [0.25, 0.3) is 0 Å². The van der Waals surface area contributed by atoms with Gasteiger partial charge in [0.05, 0.1) is 17.6 Å². The van der Waals surface area contributed by atoms with Gasteiger partial charge in [-0.05, 0) is 51.5 Å². The minimum absolute atomic E-state index is 0.0776. The summed E-state index contributed by atoms with van der Waals surface area (Å²) in [4.78, 5) is 25.2. The second-order valence-corrected chi connectivity index (χ2v) is 9.46. The molecule has 1 aromatic rings. The van der Waals surface area contributed by atoms with Gasteiger partial charge in [0.15, 0.2) is 0 Å². The fourth-order valence-electron chi connectivity index (χ4n) is 2.91. The van der Waals surface area contributed by atoms with Gasteiger partial charge in [0, 0.05) is 12.6 Å². The van der Waals surface area contributed by atoms with Crippen molar-refractivity contribution in [2.75, 3.05) is 13.7 Å². The van der Waals surface area contributed by atoms with Crippen molar-refractivity contribution in [3.8, 4) is 0 Å². The van der Waals surface area contributed by atoms with E-state index in [4.69, 9.17) is 4.74 Å². The van der Waals surface area contributed by atoms with Crippen LogP contribution in [0.4, 0.5) is 18.0 Å². The number of amides is 1.